The van der Waals surface area contributed by atoms with Crippen LogP contribution in [0.4, 0.5) is 5.69 Å². The van der Waals surface area contributed by atoms with Gasteiger partial charge < -0.3 is 10.6 Å². The van der Waals surface area contributed by atoms with E-state index in [0.29, 0.717) is 11.0 Å². The number of thiocarbonyl (C=S) groups is 1. The molecule has 2 nitrogen and oxygen atoms in total. The van der Waals surface area contributed by atoms with Crippen molar-refractivity contribution >= 4 is 23.0 Å². The molecule has 2 N–H and O–H groups in total. The lowest BCUT2D eigenvalue weighted by Crippen LogP contribution is -2.32. The summed E-state index contributed by atoms with van der Waals surface area (Å²) >= 11 is 5.55. The Morgan fingerprint density at radius 1 is 0.889 bits per heavy atom. The predicted octanol–water partition coefficient (Wildman–Crippen LogP) is 6.98. The first-order valence-corrected chi connectivity index (χ1v) is 10.7. The maximum absolute atomic E-state index is 5.55. The second-order valence-corrected chi connectivity index (χ2v) is 7.74. The molecular weight excluding hydrogens is 348 g/mol. The molecule has 0 aromatic heterocycles. The van der Waals surface area contributed by atoms with Gasteiger partial charge in [-0.05, 0) is 72.6 Å². The van der Waals surface area contributed by atoms with Gasteiger partial charge in [-0.25, -0.2) is 0 Å². The summed E-state index contributed by atoms with van der Waals surface area (Å²) < 4.78 is 0. The predicted molar refractivity (Wildman–Crippen MR) is 123 cm³/mol. The molecular formula is C24H34N2S. The molecule has 0 aliphatic heterocycles. The van der Waals surface area contributed by atoms with E-state index in [4.69, 9.17) is 12.2 Å². The number of benzene rings is 2. The number of anilines is 1. The smallest absolute Gasteiger partial charge is 0.171 e. The third-order valence-corrected chi connectivity index (χ3v) is 5.48. The Hall–Kier alpha value is -1.87. The molecule has 2 unspecified atom stereocenters. The average molecular weight is 383 g/mol. The Balaban J connectivity index is 1.94. The lowest BCUT2D eigenvalue weighted by molar-refractivity contribution is 0.628. The molecule has 0 saturated carbocycles. The van der Waals surface area contributed by atoms with Crippen molar-refractivity contribution in [2.75, 3.05) is 5.32 Å². The van der Waals surface area contributed by atoms with Gasteiger partial charge in [0.25, 0.3) is 0 Å². The number of rotatable bonds is 9. The minimum absolute atomic E-state index is 0.222. The maximum atomic E-state index is 5.55. The van der Waals surface area contributed by atoms with Crippen LogP contribution < -0.4 is 10.6 Å². The first kappa shape index (κ1) is 21.4. The highest BCUT2D eigenvalue weighted by Gasteiger charge is 2.12. The summed E-state index contributed by atoms with van der Waals surface area (Å²) in [6, 6.07) is 17.8. The number of hydrogen-bond acceptors (Lipinski definition) is 1. The van der Waals surface area contributed by atoms with Crippen molar-refractivity contribution < 1.29 is 0 Å². The quantitative estimate of drug-likeness (QED) is 0.457. The summed E-state index contributed by atoms with van der Waals surface area (Å²) in [6.07, 6.45) is 5.76. The summed E-state index contributed by atoms with van der Waals surface area (Å²) in [5.41, 5.74) is 5.10. The summed E-state index contributed by atoms with van der Waals surface area (Å²) in [5.74, 6) is 0.607. The Kier molecular flexibility index (Phi) is 8.80. The fraction of sp³-hybridized carbons (Fsp3) is 0.458. The van der Waals surface area contributed by atoms with E-state index < -0.39 is 0 Å². The molecule has 3 heteroatoms. The van der Waals surface area contributed by atoms with Gasteiger partial charge in [0.1, 0.15) is 0 Å². The highest BCUT2D eigenvalue weighted by atomic mass is 32.1. The van der Waals surface area contributed by atoms with Gasteiger partial charge in [0.2, 0.25) is 0 Å². The van der Waals surface area contributed by atoms with E-state index >= 15 is 0 Å². The molecule has 0 aliphatic rings. The molecule has 0 heterocycles. The van der Waals surface area contributed by atoms with Crippen LogP contribution in [0.5, 0.6) is 0 Å². The van der Waals surface area contributed by atoms with E-state index in [9.17, 15) is 0 Å². The topological polar surface area (TPSA) is 24.1 Å². The van der Waals surface area contributed by atoms with Crippen LogP contribution in [0.25, 0.3) is 0 Å². The Labute approximate surface area is 170 Å². The monoisotopic (exact) mass is 382 g/mol. The van der Waals surface area contributed by atoms with Crippen LogP contribution in [0.2, 0.25) is 0 Å². The lowest BCUT2D eigenvalue weighted by Gasteiger charge is -2.21. The lowest BCUT2D eigenvalue weighted by atomic mass is 9.95. The first-order valence-electron chi connectivity index (χ1n) is 10.3. The number of nitrogens with one attached hydrogen (secondary N) is 2. The van der Waals surface area contributed by atoms with Crippen molar-refractivity contribution in [2.24, 2.45) is 0 Å². The van der Waals surface area contributed by atoms with Crippen molar-refractivity contribution in [2.45, 2.75) is 71.8 Å². The van der Waals surface area contributed by atoms with E-state index in [-0.39, 0.29) is 6.04 Å². The zero-order valence-electron chi connectivity index (χ0n) is 17.2. The molecule has 2 aromatic rings. The summed E-state index contributed by atoms with van der Waals surface area (Å²) in [6.45, 7) is 8.92. The van der Waals surface area contributed by atoms with Crippen LogP contribution in [0.1, 0.15) is 82.0 Å². The summed E-state index contributed by atoms with van der Waals surface area (Å²) in [7, 11) is 0. The number of unbranched alkanes of at least 4 members (excludes halogenated alkanes) is 1. The van der Waals surface area contributed by atoms with E-state index in [1.165, 1.54) is 36.0 Å². The molecule has 2 rings (SSSR count). The zero-order valence-corrected chi connectivity index (χ0v) is 18.0. The van der Waals surface area contributed by atoms with Crippen molar-refractivity contribution in [3.63, 3.8) is 0 Å². The number of hydrogen-bond donors (Lipinski definition) is 2. The molecule has 0 amide bonds. The normalized spacial score (nSPS) is 13.0. The van der Waals surface area contributed by atoms with Gasteiger partial charge in [-0.2, -0.15) is 0 Å². The van der Waals surface area contributed by atoms with Gasteiger partial charge in [-0.15, -0.1) is 0 Å². The van der Waals surface area contributed by atoms with Crippen molar-refractivity contribution in [3.8, 4) is 0 Å². The fourth-order valence-corrected chi connectivity index (χ4v) is 3.43. The van der Waals surface area contributed by atoms with E-state index in [1.54, 1.807) is 0 Å². The summed E-state index contributed by atoms with van der Waals surface area (Å²) in [5, 5.41) is 7.46. The molecule has 27 heavy (non-hydrogen) atoms. The second-order valence-electron chi connectivity index (χ2n) is 7.34. The molecule has 0 aliphatic carbocycles. The van der Waals surface area contributed by atoms with Crippen molar-refractivity contribution in [1.82, 2.24) is 5.32 Å². The van der Waals surface area contributed by atoms with E-state index in [2.05, 4.69) is 86.9 Å². The van der Waals surface area contributed by atoms with Gasteiger partial charge >= 0.3 is 0 Å². The molecule has 0 bridgehead atoms. The maximum Gasteiger partial charge on any atom is 0.171 e. The van der Waals surface area contributed by atoms with Crippen molar-refractivity contribution in [1.29, 1.82) is 0 Å². The summed E-state index contributed by atoms with van der Waals surface area (Å²) in [4.78, 5) is 0. The number of aryl methyl sites for hydroxylation is 1. The molecule has 2 atom stereocenters. The zero-order chi connectivity index (χ0) is 19.6. The fourth-order valence-electron chi connectivity index (χ4n) is 3.17. The third-order valence-electron chi connectivity index (χ3n) is 5.26. The minimum atomic E-state index is 0.222. The first-order chi connectivity index (χ1) is 13.1. The SMILES string of the molecule is CCCCc1ccc(NC(=S)NC(CC)c2ccc(C(C)CC)cc2)cc1. The third kappa shape index (κ3) is 6.66. The molecule has 0 radical (unpaired) electrons. The molecule has 0 saturated heterocycles. The molecule has 0 fully saturated rings. The van der Waals surface area contributed by atoms with Gasteiger partial charge in [0, 0.05) is 5.69 Å². The molecule has 0 spiro atoms. The van der Waals surface area contributed by atoms with Crippen LogP contribution >= 0.6 is 12.2 Å². The van der Waals surface area contributed by atoms with Crippen LogP contribution in [0.3, 0.4) is 0 Å². The van der Waals surface area contributed by atoms with Gasteiger partial charge in [0.05, 0.1) is 6.04 Å². The minimum Gasteiger partial charge on any atom is -0.356 e. The highest BCUT2D eigenvalue weighted by Crippen LogP contribution is 2.23. The van der Waals surface area contributed by atoms with Gasteiger partial charge in [-0.1, -0.05) is 70.5 Å². The standard InChI is InChI=1S/C24H34N2S/c1-5-8-9-19-10-16-22(17-11-19)25-24(27)26-23(7-3)21-14-12-20(13-15-21)18(4)6-2/h10-18,23H,5-9H2,1-4H3,(H2,25,26,27). The Morgan fingerprint density at radius 2 is 1.52 bits per heavy atom. The Bertz CT molecular complexity index is 691. The van der Waals surface area contributed by atoms with Crippen molar-refractivity contribution in [3.05, 3.63) is 65.2 Å². The Morgan fingerprint density at radius 3 is 2.07 bits per heavy atom. The van der Waals surface area contributed by atoms with E-state index in [0.717, 1.165) is 18.5 Å². The average Bonchev–Trinajstić information content (AvgIpc) is 2.71. The van der Waals surface area contributed by atoms with Crippen LogP contribution in [0, 0.1) is 0 Å². The van der Waals surface area contributed by atoms with E-state index in [1.807, 2.05) is 0 Å². The molecule has 2 aromatic carbocycles. The van der Waals surface area contributed by atoms with Crippen LogP contribution in [-0.4, -0.2) is 5.11 Å². The van der Waals surface area contributed by atoms with Crippen LogP contribution in [0.15, 0.2) is 48.5 Å². The largest absolute Gasteiger partial charge is 0.356 e. The molecule has 146 valence electrons. The van der Waals surface area contributed by atoms with Gasteiger partial charge in [-0.3, -0.25) is 0 Å². The highest BCUT2D eigenvalue weighted by molar-refractivity contribution is 7.80. The second kappa shape index (κ2) is 11.1. The van der Waals surface area contributed by atoms with Gasteiger partial charge in [0.15, 0.2) is 5.11 Å². The van der Waals surface area contributed by atoms with Crippen LogP contribution in [-0.2, 0) is 6.42 Å².